The van der Waals surface area contributed by atoms with E-state index in [1.807, 2.05) is 11.3 Å². The Labute approximate surface area is 161 Å². The van der Waals surface area contributed by atoms with E-state index in [4.69, 9.17) is 5.73 Å². The summed E-state index contributed by atoms with van der Waals surface area (Å²) in [5, 5.41) is 5.26. The van der Waals surface area contributed by atoms with Crippen molar-refractivity contribution < 1.29 is 4.79 Å². The van der Waals surface area contributed by atoms with E-state index in [-0.39, 0.29) is 30.7 Å². The van der Waals surface area contributed by atoms with Crippen LogP contribution in [0.2, 0.25) is 0 Å². The van der Waals surface area contributed by atoms with Crippen LogP contribution < -0.4 is 11.1 Å². The second kappa shape index (κ2) is 9.97. The first-order valence-electron chi connectivity index (χ1n) is 8.48. The number of halogens is 2. The van der Waals surface area contributed by atoms with Crippen molar-refractivity contribution in [1.29, 1.82) is 0 Å². The number of amides is 1. The van der Waals surface area contributed by atoms with Gasteiger partial charge in [-0.05, 0) is 56.1 Å². The Hall–Kier alpha value is -0.330. The summed E-state index contributed by atoms with van der Waals surface area (Å²) in [6, 6.07) is 4.33. The number of carbonyl (C=O) groups is 1. The van der Waals surface area contributed by atoms with Gasteiger partial charge in [-0.2, -0.15) is 0 Å². The van der Waals surface area contributed by atoms with Gasteiger partial charge in [-0.1, -0.05) is 18.9 Å². The second-order valence-corrected chi connectivity index (χ2v) is 7.90. The van der Waals surface area contributed by atoms with Gasteiger partial charge in [0.05, 0.1) is 5.54 Å². The third-order valence-corrected chi connectivity index (χ3v) is 6.03. The SMILES string of the molecule is Cl.Cl.NC1(C(=O)NCC2CCN(Cc3cccs3)CC2)CCCC1. The first-order valence-corrected chi connectivity index (χ1v) is 9.36. The van der Waals surface area contributed by atoms with Crippen molar-refractivity contribution in [1.82, 2.24) is 10.2 Å². The lowest BCUT2D eigenvalue weighted by molar-refractivity contribution is -0.126. The molecule has 0 unspecified atom stereocenters. The molecule has 1 aromatic rings. The summed E-state index contributed by atoms with van der Waals surface area (Å²) in [5.41, 5.74) is 5.61. The molecule has 0 bridgehead atoms. The van der Waals surface area contributed by atoms with E-state index < -0.39 is 5.54 Å². The molecule has 1 aliphatic carbocycles. The molecule has 4 nitrogen and oxygen atoms in total. The molecule has 2 fully saturated rings. The van der Waals surface area contributed by atoms with Crippen molar-refractivity contribution >= 4 is 42.1 Å². The van der Waals surface area contributed by atoms with E-state index in [9.17, 15) is 4.79 Å². The molecule has 0 spiro atoms. The van der Waals surface area contributed by atoms with E-state index in [1.54, 1.807) is 0 Å². The Morgan fingerprint density at radius 3 is 2.54 bits per heavy atom. The lowest BCUT2D eigenvalue weighted by Crippen LogP contribution is -2.53. The highest BCUT2D eigenvalue weighted by Gasteiger charge is 2.37. The average molecular weight is 394 g/mol. The van der Waals surface area contributed by atoms with Crippen LogP contribution in [0.4, 0.5) is 0 Å². The molecule has 2 aliphatic rings. The van der Waals surface area contributed by atoms with E-state index in [0.717, 1.165) is 51.9 Å². The molecule has 0 aromatic carbocycles. The standard InChI is InChI=1S/C17H27N3OS.2ClH/c18-17(7-1-2-8-17)16(21)19-12-14-5-9-20(10-6-14)13-15-4-3-11-22-15;;/h3-4,11,14H,1-2,5-10,12-13,18H2,(H,19,21);2*1H. The normalized spacial score (nSPS) is 20.9. The minimum Gasteiger partial charge on any atom is -0.354 e. The molecule has 7 heteroatoms. The average Bonchev–Trinajstić information content (AvgIpc) is 3.19. The number of nitrogens with two attached hydrogens (primary N) is 1. The predicted molar refractivity (Wildman–Crippen MR) is 105 cm³/mol. The fourth-order valence-electron chi connectivity index (χ4n) is 3.62. The van der Waals surface area contributed by atoms with Crippen molar-refractivity contribution in [2.45, 2.75) is 50.6 Å². The quantitative estimate of drug-likeness (QED) is 0.807. The number of hydrogen-bond donors (Lipinski definition) is 2. The predicted octanol–water partition coefficient (Wildman–Crippen LogP) is 3.19. The Morgan fingerprint density at radius 1 is 1.29 bits per heavy atom. The summed E-state index contributed by atoms with van der Waals surface area (Å²) in [6.45, 7) is 4.13. The van der Waals surface area contributed by atoms with Gasteiger partial charge in [-0.15, -0.1) is 36.2 Å². The topological polar surface area (TPSA) is 58.4 Å². The van der Waals surface area contributed by atoms with Crippen LogP contribution in [0.1, 0.15) is 43.4 Å². The van der Waals surface area contributed by atoms with Crippen LogP contribution in [0.25, 0.3) is 0 Å². The van der Waals surface area contributed by atoms with E-state index in [1.165, 1.54) is 17.7 Å². The molecule has 3 rings (SSSR count). The molecular formula is C17H29Cl2N3OS. The maximum absolute atomic E-state index is 12.2. The highest BCUT2D eigenvalue weighted by molar-refractivity contribution is 7.09. The van der Waals surface area contributed by atoms with Gasteiger partial charge in [-0.25, -0.2) is 0 Å². The van der Waals surface area contributed by atoms with Crippen molar-refractivity contribution in [3.05, 3.63) is 22.4 Å². The fourth-order valence-corrected chi connectivity index (χ4v) is 4.36. The maximum Gasteiger partial charge on any atom is 0.240 e. The highest BCUT2D eigenvalue weighted by Crippen LogP contribution is 2.27. The number of nitrogens with one attached hydrogen (secondary N) is 1. The highest BCUT2D eigenvalue weighted by atomic mass is 35.5. The zero-order valence-electron chi connectivity index (χ0n) is 14.0. The van der Waals surface area contributed by atoms with Crippen LogP contribution in [0, 0.1) is 5.92 Å². The zero-order chi connectivity index (χ0) is 15.4. The summed E-state index contributed by atoms with van der Waals surface area (Å²) in [6.07, 6.45) is 6.21. The molecule has 138 valence electrons. The molecule has 1 aliphatic heterocycles. The van der Waals surface area contributed by atoms with Crippen molar-refractivity contribution in [2.24, 2.45) is 11.7 Å². The number of carbonyl (C=O) groups excluding carboxylic acids is 1. The van der Waals surface area contributed by atoms with Crippen molar-refractivity contribution in [2.75, 3.05) is 19.6 Å². The molecule has 0 radical (unpaired) electrons. The first-order chi connectivity index (χ1) is 10.7. The number of likely N-dealkylation sites (tertiary alicyclic amines) is 1. The van der Waals surface area contributed by atoms with E-state index >= 15 is 0 Å². The summed E-state index contributed by atoms with van der Waals surface area (Å²) in [4.78, 5) is 16.2. The molecule has 1 saturated carbocycles. The monoisotopic (exact) mass is 393 g/mol. The molecule has 1 aromatic heterocycles. The first kappa shape index (κ1) is 21.7. The number of piperidine rings is 1. The van der Waals surface area contributed by atoms with Gasteiger partial charge in [-0.3, -0.25) is 9.69 Å². The third kappa shape index (κ3) is 5.60. The maximum atomic E-state index is 12.2. The Balaban J connectivity index is 0.00000144. The lowest BCUT2D eigenvalue weighted by Gasteiger charge is -2.32. The molecule has 3 N–H and O–H groups in total. The van der Waals surface area contributed by atoms with Crippen molar-refractivity contribution in [3.63, 3.8) is 0 Å². The van der Waals surface area contributed by atoms with Crippen LogP contribution in [0.5, 0.6) is 0 Å². The number of nitrogens with zero attached hydrogens (tertiary/aromatic N) is 1. The van der Waals surface area contributed by atoms with Gasteiger partial charge in [0.2, 0.25) is 5.91 Å². The largest absolute Gasteiger partial charge is 0.354 e. The number of hydrogen-bond acceptors (Lipinski definition) is 4. The third-order valence-electron chi connectivity index (χ3n) is 5.17. The zero-order valence-corrected chi connectivity index (χ0v) is 16.5. The van der Waals surface area contributed by atoms with Crippen LogP contribution in [-0.4, -0.2) is 36.0 Å². The molecular weight excluding hydrogens is 365 g/mol. The van der Waals surface area contributed by atoms with Crippen LogP contribution in [-0.2, 0) is 11.3 Å². The second-order valence-electron chi connectivity index (χ2n) is 6.87. The summed E-state index contributed by atoms with van der Waals surface area (Å²) < 4.78 is 0. The number of thiophene rings is 1. The van der Waals surface area contributed by atoms with Gasteiger partial charge in [0.25, 0.3) is 0 Å². The van der Waals surface area contributed by atoms with Gasteiger partial charge >= 0.3 is 0 Å². The number of rotatable bonds is 5. The van der Waals surface area contributed by atoms with Gasteiger partial charge in [0.1, 0.15) is 0 Å². The summed E-state index contributed by atoms with van der Waals surface area (Å²) in [5.74, 6) is 0.680. The summed E-state index contributed by atoms with van der Waals surface area (Å²) >= 11 is 1.83. The Kier molecular flexibility index (Phi) is 9.02. The minimum atomic E-state index is -0.583. The molecule has 0 atom stereocenters. The van der Waals surface area contributed by atoms with Crippen LogP contribution in [0.15, 0.2) is 17.5 Å². The van der Waals surface area contributed by atoms with E-state index in [0.29, 0.717) is 5.92 Å². The van der Waals surface area contributed by atoms with E-state index in [2.05, 4.69) is 27.7 Å². The lowest BCUT2D eigenvalue weighted by atomic mass is 9.94. The van der Waals surface area contributed by atoms with Crippen molar-refractivity contribution in [3.8, 4) is 0 Å². The summed E-state index contributed by atoms with van der Waals surface area (Å²) in [7, 11) is 0. The van der Waals surface area contributed by atoms with Gasteiger partial charge in [0.15, 0.2) is 0 Å². The van der Waals surface area contributed by atoms with Crippen LogP contribution in [0.3, 0.4) is 0 Å². The smallest absolute Gasteiger partial charge is 0.240 e. The molecule has 2 heterocycles. The molecule has 1 amide bonds. The van der Waals surface area contributed by atoms with Crippen LogP contribution >= 0.6 is 36.2 Å². The molecule has 1 saturated heterocycles. The fraction of sp³-hybridized carbons (Fsp3) is 0.706. The minimum absolute atomic E-state index is 0. The van der Waals surface area contributed by atoms with Gasteiger partial charge in [0, 0.05) is 18.0 Å². The van der Waals surface area contributed by atoms with Gasteiger partial charge < -0.3 is 11.1 Å². The Bertz CT molecular complexity index is 484. The molecule has 24 heavy (non-hydrogen) atoms. The Morgan fingerprint density at radius 2 is 1.96 bits per heavy atom.